The number of aliphatic hydroxyl groups is 1. The number of carbonyl (C=O) groups excluding carboxylic acids is 1. The zero-order chi connectivity index (χ0) is 14.7. The van der Waals surface area contributed by atoms with Crippen LogP contribution in [0.4, 0.5) is 10.5 Å². The maximum atomic E-state index is 12.0. The highest BCUT2D eigenvalue weighted by Gasteiger charge is 2.22. The van der Waals surface area contributed by atoms with Crippen LogP contribution in [0.5, 0.6) is 0 Å². The zero-order valence-corrected chi connectivity index (χ0v) is 11.4. The monoisotopic (exact) mass is 298 g/mol. The van der Waals surface area contributed by atoms with Gasteiger partial charge in [0.25, 0.3) is 0 Å². The first kappa shape index (κ1) is 14.6. The topological polar surface area (TPSA) is 89.9 Å². The second-order valence-electron chi connectivity index (χ2n) is 4.71. The third-order valence-electron chi connectivity index (χ3n) is 3.08. The van der Waals surface area contributed by atoms with E-state index in [1.807, 2.05) is 0 Å². The second-order valence-corrected chi connectivity index (χ2v) is 5.14. The minimum Gasteiger partial charge on any atom is -0.478 e. The third kappa shape index (κ3) is 3.61. The highest BCUT2D eigenvalue weighted by molar-refractivity contribution is 6.31. The van der Waals surface area contributed by atoms with Crippen molar-refractivity contribution in [2.75, 3.05) is 18.4 Å². The Kier molecular flexibility index (Phi) is 4.46. The van der Waals surface area contributed by atoms with E-state index in [-0.39, 0.29) is 23.2 Å². The average molecular weight is 299 g/mol. The summed E-state index contributed by atoms with van der Waals surface area (Å²) in [5, 5.41) is 21.3. The number of likely N-dealkylation sites (tertiary alicyclic amines) is 1. The van der Waals surface area contributed by atoms with Crippen molar-refractivity contribution in [1.29, 1.82) is 0 Å². The van der Waals surface area contributed by atoms with Gasteiger partial charge in [0.1, 0.15) is 0 Å². The Labute approximate surface area is 121 Å². The van der Waals surface area contributed by atoms with Gasteiger partial charge in [0, 0.05) is 23.8 Å². The largest absolute Gasteiger partial charge is 0.478 e. The molecule has 2 amide bonds. The number of hydrogen-bond acceptors (Lipinski definition) is 3. The fourth-order valence-corrected chi connectivity index (χ4v) is 2.36. The summed E-state index contributed by atoms with van der Waals surface area (Å²) >= 11 is 5.82. The van der Waals surface area contributed by atoms with Crippen LogP contribution in [0, 0.1) is 0 Å². The zero-order valence-electron chi connectivity index (χ0n) is 10.7. The molecule has 1 aromatic rings. The fourth-order valence-electron chi connectivity index (χ4n) is 2.13. The molecule has 0 aromatic heterocycles. The van der Waals surface area contributed by atoms with Crippen LogP contribution < -0.4 is 5.32 Å². The quantitative estimate of drug-likeness (QED) is 0.779. The van der Waals surface area contributed by atoms with Gasteiger partial charge in [-0.2, -0.15) is 0 Å². The van der Waals surface area contributed by atoms with E-state index >= 15 is 0 Å². The van der Waals surface area contributed by atoms with E-state index in [0.717, 1.165) is 6.42 Å². The third-order valence-corrected chi connectivity index (χ3v) is 3.30. The molecule has 3 N–H and O–H groups in total. The van der Waals surface area contributed by atoms with E-state index in [1.54, 1.807) is 0 Å². The van der Waals surface area contributed by atoms with Crippen LogP contribution in [0.2, 0.25) is 5.02 Å². The van der Waals surface area contributed by atoms with Gasteiger partial charge in [-0.25, -0.2) is 9.59 Å². The Bertz CT molecular complexity index is 535. The summed E-state index contributed by atoms with van der Waals surface area (Å²) in [5.74, 6) is -1.11. The van der Waals surface area contributed by atoms with Crippen molar-refractivity contribution in [3.05, 3.63) is 28.8 Å². The summed E-state index contributed by atoms with van der Waals surface area (Å²) in [6.45, 7) is 0.841. The molecule has 1 fully saturated rings. The molecule has 1 aliphatic heterocycles. The number of aliphatic hydroxyl groups excluding tert-OH is 1. The van der Waals surface area contributed by atoms with Crippen molar-refractivity contribution in [2.45, 2.75) is 18.9 Å². The van der Waals surface area contributed by atoms with Crippen LogP contribution >= 0.6 is 11.6 Å². The van der Waals surface area contributed by atoms with Crippen molar-refractivity contribution in [2.24, 2.45) is 0 Å². The first-order chi connectivity index (χ1) is 9.45. The van der Waals surface area contributed by atoms with Gasteiger partial charge in [-0.3, -0.25) is 0 Å². The van der Waals surface area contributed by atoms with E-state index in [1.165, 1.54) is 23.1 Å². The first-order valence-electron chi connectivity index (χ1n) is 6.23. The lowest BCUT2D eigenvalue weighted by molar-refractivity contribution is 0.0697. The molecule has 7 heteroatoms. The minimum atomic E-state index is -1.11. The van der Waals surface area contributed by atoms with E-state index < -0.39 is 12.1 Å². The van der Waals surface area contributed by atoms with Crippen molar-refractivity contribution in [1.82, 2.24) is 4.90 Å². The van der Waals surface area contributed by atoms with Gasteiger partial charge >= 0.3 is 12.0 Å². The lowest BCUT2D eigenvalue weighted by Crippen LogP contribution is -2.44. The van der Waals surface area contributed by atoms with E-state index in [0.29, 0.717) is 18.7 Å². The SMILES string of the molecule is O=C(O)c1cc(Cl)cc(NC(=O)N2CCCC(O)C2)c1. The highest BCUT2D eigenvalue weighted by Crippen LogP contribution is 2.20. The molecule has 1 saturated heterocycles. The van der Waals surface area contributed by atoms with E-state index in [4.69, 9.17) is 16.7 Å². The lowest BCUT2D eigenvalue weighted by Gasteiger charge is -2.30. The van der Waals surface area contributed by atoms with Gasteiger partial charge in [0.2, 0.25) is 0 Å². The Morgan fingerprint density at radius 1 is 1.35 bits per heavy atom. The summed E-state index contributed by atoms with van der Waals surface area (Å²) in [6.07, 6.45) is 0.915. The smallest absolute Gasteiger partial charge is 0.335 e. The molecular weight excluding hydrogens is 284 g/mol. The van der Waals surface area contributed by atoms with E-state index in [2.05, 4.69) is 5.32 Å². The van der Waals surface area contributed by atoms with Crippen LogP contribution in [-0.2, 0) is 0 Å². The molecule has 20 heavy (non-hydrogen) atoms. The van der Waals surface area contributed by atoms with Crippen molar-refractivity contribution in [3.63, 3.8) is 0 Å². The normalized spacial score (nSPS) is 18.7. The number of piperidine rings is 1. The molecule has 0 aliphatic carbocycles. The standard InChI is InChI=1S/C13H15ClN2O4/c14-9-4-8(12(18)19)5-10(6-9)15-13(20)16-3-1-2-11(17)7-16/h4-6,11,17H,1-3,7H2,(H,15,20)(H,18,19). The number of rotatable bonds is 2. The number of carboxylic acid groups (broad SMARTS) is 1. The van der Waals surface area contributed by atoms with Gasteiger partial charge in [-0.15, -0.1) is 0 Å². The minimum absolute atomic E-state index is 0.00600. The molecule has 0 spiro atoms. The Hall–Kier alpha value is -1.79. The molecule has 0 saturated carbocycles. The van der Waals surface area contributed by atoms with Crippen LogP contribution in [-0.4, -0.2) is 46.3 Å². The number of nitrogens with one attached hydrogen (secondary N) is 1. The molecule has 0 bridgehead atoms. The maximum Gasteiger partial charge on any atom is 0.335 e. The molecule has 1 atom stereocenters. The molecule has 6 nitrogen and oxygen atoms in total. The van der Waals surface area contributed by atoms with Gasteiger partial charge in [-0.05, 0) is 31.0 Å². The number of anilines is 1. The highest BCUT2D eigenvalue weighted by atomic mass is 35.5. The summed E-state index contributed by atoms with van der Waals surface area (Å²) < 4.78 is 0. The lowest BCUT2D eigenvalue weighted by atomic mass is 10.1. The number of halogens is 1. The number of aromatic carboxylic acids is 1. The molecule has 1 heterocycles. The number of amides is 2. The molecule has 2 rings (SSSR count). The Morgan fingerprint density at radius 3 is 2.75 bits per heavy atom. The number of carbonyl (C=O) groups is 2. The van der Waals surface area contributed by atoms with Gasteiger partial charge in [0.15, 0.2) is 0 Å². The van der Waals surface area contributed by atoms with Crippen LogP contribution in [0.1, 0.15) is 23.2 Å². The van der Waals surface area contributed by atoms with Gasteiger partial charge in [-0.1, -0.05) is 11.6 Å². The Balaban J connectivity index is 2.09. The predicted molar refractivity (Wildman–Crippen MR) is 74.2 cm³/mol. The van der Waals surface area contributed by atoms with Crippen molar-refractivity contribution >= 4 is 29.3 Å². The molecular formula is C13H15ClN2O4. The van der Waals surface area contributed by atoms with Crippen LogP contribution in [0.3, 0.4) is 0 Å². The summed E-state index contributed by atoms with van der Waals surface area (Å²) in [6, 6.07) is 3.76. The summed E-state index contributed by atoms with van der Waals surface area (Å²) in [7, 11) is 0. The van der Waals surface area contributed by atoms with Crippen molar-refractivity contribution < 1.29 is 19.8 Å². The van der Waals surface area contributed by atoms with Gasteiger partial charge < -0.3 is 20.4 Å². The predicted octanol–water partition coefficient (Wildman–Crippen LogP) is 2.03. The maximum absolute atomic E-state index is 12.0. The Morgan fingerprint density at radius 2 is 2.10 bits per heavy atom. The number of carboxylic acids is 1. The molecule has 1 aromatic carbocycles. The van der Waals surface area contributed by atoms with E-state index in [9.17, 15) is 14.7 Å². The second kappa shape index (κ2) is 6.11. The average Bonchev–Trinajstić information content (AvgIpc) is 2.37. The number of hydrogen-bond donors (Lipinski definition) is 3. The first-order valence-corrected chi connectivity index (χ1v) is 6.61. The number of β-amino-alcohol motifs (C(OH)–C–C–N with tert-alkyl or cyclic N) is 1. The summed E-state index contributed by atoms with van der Waals surface area (Å²) in [4.78, 5) is 24.4. The van der Waals surface area contributed by atoms with Crippen LogP contribution in [0.25, 0.3) is 0 Å². The molecule has 0 radical (unpaired) electrons. The van der Waals surface area contributed by atoms with Gasteiger partial charge in [0.05, 0.1) is 11.7 Å². The fraction of sp³-hybridized carbons (Fsp3) is 0.385. The summed E-state index contributed by atoms with van der Waals surface area (Å²) in [5.41, 5.74) is 0.325. The number of nitrogens with zero attached hydrogens (tertiary/aromatic N) is 1. The molecule has 1 aliphatic rings. The number of benzene rings is 1. The van der Waals surface area contributed by atoms with Crippen LogP contribution in [0.15, 0.2) is 18.2 Å². The molecule has 1 unspecified atom stereocenters. The number of urea groups is 1. The van der Waals surface area contributed by atoms with Crippen molar-refractivity contribution in [3.8, 4) is 0 Å². The molecule has 108 valence electrons.